The number of rotatable bonds is 4. The monoisotopic (exact) mass is 281 g/mol. The van der Waals surface area contributed by atoms with Crippen molar-refractivity contribution in [2.24, 2.45) is 0 Å². The van der Waals surface area contributed by atoms with Crippen molar-refractivity contribution in [1.82, 2.24) is 4.98 Å². The molecular formula is C14H13ClFNO2. The van der Waals surface area contributed by atoms with Crippen LogP contribution in [0.5, 0.6) is 5.75 Å². The predicted octanol–water partition coefficient (Wildman–Crippen LogP) is 3.51. The number of benzene rings is 1. The van der Waals surface area contributed by atoms with E-state index in [9.17, 15) is 9.50 Å². The summed E-state index contributed by atoms with van der Waals surface area (Å²) in [5.74, 6) is -0.108. The van der Waals surface area contributed by atoms with Gasteiger partial charge in [-0.2, -0.15) is 0 Å². The van der Waals surface area contributed by atoms with E-state index in [2.05, 4.69) is 4.98 Å². The Hall–Kier alpha value is -1.65. The first kappa shape index (κ1) is 13.8. The van der Waals surface area contributed by atoms with Gasteiger partial charge in [-0.15, -0.1) is 0 Å². The molecule has 0 radical (unpaired) electrons. The zero-order chi connectivity index (χ0) is 13.8. The van der Waals surface area contributed by atoms with Crippen molar-refractivity contribution < 1.29 is 14.2 Å². The van der Waals surface area contributed by atoms with Crippen molar-refractivity contribution in [3.05, 3.63) is 58.6 Å². The Kier molecular flexibility index (Phi) is 4.35. The summed E-state index contributed by atoms with van der Waals surface area (Å²) >= 11 is 5.96. The third kappa shape index (κ3) is 3.43. The van der Waals surface area contributed by atoms with E-state index in [4.69, 9.17) is 16.3 Å². The maximum Gasteiger partial charge on any atom is 0.128 e. The van der Waals surface area contributed by atoms with Crippen molar-refractivity contribution in [2.45, 2.75) is 19.6 Å². The number of aliphatic hydroxyl groups excluding tert-OH is 1. The van der Waals surface area contributed by atoms with Crippen LogP contribution in [0.3, 0.4) is 0 Å². The van der Waals surface area contributed by atoms with Gasteiger partial charge in [-0.05, 0) is 25.1 Å². The number of nitrogens with zero attached hydrogens (tertiary/aromatic N) is 1. The number of hydrogen-bond acceptors (Lipinski definition) is 3. The van der Waals surface area contributed by atoms with Gasteiger partial charge in [0.2, 0.25) is 0 Å². The van der Waals surface area contributed by atoms with Crippen molar-refractivity contribution >= 4 is 11.6 Å². The van der Waals surface area contributed by atoms with E-state index in [1.807, 2.05) is 0 Å². The molecule has 1 N–H and O–H groups in total. The van der Waals surface area contributed by atoms with Crippen LogP contribution < -0.4 is 4.74 Å². The van der Waals surface area contributed by atoms with Gasteiger partial charge < -0.3 is 9.84 Å². The highest BCUT2D eigenvalue weighted by molar-refractivity contribution is 6.31. The lowest BCUT2D eigenvalue weighted by Gasteiger charge is -2.14. The smallest absolute Gasteiger partial charge is 0.128 e. The first-order valence-electron chi connectivity index (χ1n) is 5.76. The average molecular weight is 282 g/mol. The van der Waals surface area contributed by atoms with Crippen molar-refractivity contribution in [1.29, 1.82) is 0 Å². The second kappa shape index (κ2) is 5.99. The summed E-state index contributed by atoms with van der Waals surface area (Å²) in [5.41, 5.74) is 1.28. The van der Waals surface area contributed by atoms with Gasteiger partial charge in [0.15, 0.2) is 0 Å². The number of aliphatic hydroxyl groups is 1. The minimum absolute atomic E-state index is 0.185. The Bertz CT molecular complexity index is 575. The molecule has 100 valence electrons. The van der Waals surface area contributed by atoms with E-state index >= 15 is 0 Å². The van der Waals surface area contributed by atoms with Crippen molar-refractivity contribution in [2.75, 3.05) is 0 Å². The molecule has 2 rings (SSSR count). The molecule has 2 aromatic rings. The third-order valence-electron chi connectivity index (χ3n) is 2.67. The molecule has 1 atom stereocenters. The summed E-state index contributed by atoms with van der Waals surface area (Å²) < 4.78 is 18.8. The van der Waals surface area contributed by atoms with E-state index < -0.39 is 11.9 Å². The summed E-state index contributed by atoms with van der Waals surface area (Å²) in [5, 5.41) is 10.1. The van der Waals surface area contributed by atoms with Crippen LogP contribution in [0.1, 0.15) is 24.2 Å². The summed E-state index contributed by atoms with van der Waals surface area (Å²) in [6, 6.07) is 5.76. The van der Waals surface area contributed by atoms with E-state index in [-0.39, 0.29) is 6.61 Å². The molecule has 0 fully saturated rings. The fourth-order valence-electron chi connectivity index (χ4n) is 1.65. The summed E-state index contributed by atoms with van der Waals surface area (Å²) in [6.07, 6.45) is 2.39. The second-order valence-electron chi connectivity index (χ2n) is 4.11. The molecule has 0 bridgehead atoms. The molecule has 0 unspecified atom stereocenters. The Balaban J connectivity index is 2.19. The van der Waals surface area contributed by atoms with Crippen LogP contribution in [0, 0.1) is 5.82 Å². The standard InChI is InChI=1S/C14H13ClFNO2/c1-9(18)12-3-2-11(16)6-14(12)19-8-10-4-5-17-7-13(10)15/h2-7,9,18H,8H2,1H3/t9-/m1/s1. The Morgan fingerprint density at radius 2 is 2.21 bits per heavy atom. The van der Waals surface area contributed by atoms with Gasteiger partial charge in [0.25, 0.3) is 0 Å². The molecule has 1 heterocycles. The SMILES string of the molecule is C[C@@H](O)c1ccc(F)cc1OCc1ccncc1Cl. The van der Waals surface area contributed by atoms with Gasteiger partial charge in [-0.3, -0.25) is 4.98 Å². The van der Waals surface area contributed by atoms with Crippen LogP contribution in [0.15, 0.2) is 36.7 Å². The molecular weight excluding hydrogens is 269 g/mol. The first-order valence-corrected chi connectivity index (χ1v) is 6.14. The number of pyridine rings is 1. The number of hydrogen-bond donors (Lipinski definition) is 1. The Morgan fingerprint density at radius 1 is 1.42 bits per heavy atom. The van der Waals surface area contributed by atoms with Crippen molar-refractivity contribution in [3.63, 3.8) is 0 Å². The van der Waals surface area contributed by atoms with Gasteiger partial charge in [0.05, 0.1) is 11.1 Å². The van der Waals surface area contributed by atoms with Crippen molar-refractivity contribution in [3.8, 4) is 5.75 Å². The maximum atomic E-state index is 13.2. The van der Waals surface area contributed by atoms with E-state index in [1.165, 1.54) is 24.4 Å². The van der Waals surface area contributed by atoms with Crippen LogP contribution in [-0.4, -0.2) is 10.1 Å². The quantitative estimate of drug-likeness (QED) is 0.932. The second-order valence-corrected chi connectivity index (χ2v) is 4.52. The molecule has 0 spiro atoms. The highest BCUT2D eigenvalue weighted by Gasteiger charge is 2.11. The number of halogens is 2. The Labute approximate surface area is 115 Å². The Morgan fingerprint density at radius 3 is 2.89 bits per heavy atom. The molecule has 0 aliphatic heterocycles. The van der Waals surface area contributed by atoms with E-state index in [1.54, 1.807) is 19.2 Å². The van der Waals surface area contributed by atoms with Crippen LogP contribution in [0.25, 0.3) is 0 Å². The topological polar surface area (TPSA) is 42.4 Å². The highest BCUT2D eigenvalue weighted by atomic mass is 35.5. The average Bonchev–Trinajstić information content (AvgIpc) is 2.37. The summed E-state index contributed by atoms with van der Waals surface area (Å²) in [4.78, 5) is 3.87. The minimum Gasteiger partial charge on any atom is -0.488 e. The van der Waals surface area contributed by atoms with Crippen LogP contribution in [-0.2, 0) is 6.61 Å². The molecule has 3 nitrogen and oxygen atoms in total. The van der Waals surface area contributed by atoms with Crippen LogP contribution in [0.4, 0.5) is 4.39 Å². The van der Waals surface area contributed by atoms with Gasteiger partial charge in [-0.25, -0.2) is 4.39 Å². The lowest BCUT2D eigenvalue weighted by Crippen LogP contribution is -2.02. The summed E-state index contributed by atoms with van der Waals surface area (Å²) in [7, 11) is 0. The minimum atomic E-state index is -0.733. The summed E-state index contributed by atoms with van der Waals surface area (Å²) in [6.45, 7) is 1.78. The van der Waals surface area contributed by atoms with Gasteiger partial charge in [-0.1, -0.05) is 11.6 Å². The van der Waals surface area contributed by atoms with E-state index in [0.717, 1.165) is 5.56 Å². The third-order valence-corrected chi connectivity index (χ3v) is 3.01. The zero-order valence-electron chi connectivity index (χ0n) is 10.3. The van der Waals surface area contributed by atoms with E-state index in [0.29, 0.717) is 16.3 Å². The molecule has 0 aliphatic rings. The lowest BCUT2D eigenvalue weighted by molar-refractivity contribution is 0.190. The molecule has 0 saturated heterocycles. The van der Waals surface area contributed by atoms with Crippen LogP contribution >= 0.6 is 11.6 Å². The first-order chi connectivity index (χ1) is 9.08. The zero-order valence-corrected chi connectivity index (χ0v) is 11.1. The molecule has 19 heavy (non-hydrogen) atoms. The highest BCUT2D eigenvalue weighted by Crippen LogP contribution is 2.27. The lowest BCUT2D eigenvalue weighted by atomic mass is 10.1. The number of ether oxygens (including phenoxy) is 1. The predicted molar refractivity (Wildman–Crippen MR) is 70.6 cm³/mol. The van der Waals surface area contributed by atoms with Gasteiger partial charge in [0.1, 0.15) is 18.2 Å². The van der Waals surface area contributed by atoms with Gasteiger partial charge in [0, 0.05) is 29.6 Å². The molecule has 1 aromatic carbocycles. The fourth-order valence-corrected chi connectivity index (χ4v) is 1.83. The molecule has 0 saturated carbocycles. The number of aromatic nitrogens is 1. The molecule has 0 amide bonds. The molecule has 0 aliphatic carbocycles. The molecule has 1 aromatic heterocycles. The largest absolute Gasteiger partial charge is 0.488 e. The normalized spacial score (nSPS) is 12.2. The van der Waals surface area contributed by atoms with Crippen LogP contribution in [0.2, 0.25) is 5.02 Å². The maximum absolute atomic E-state index is 13.2. The molecule has 5 heteroatoms. The van der Waals surface area contributed by atoms with Gasteiger partial charge >= 0.3 is 0 Å². The fraction of sp³-hybridized carbons (Fsp3) is 0.214.